The van der Waals surface area contributed by atoms with Gasteiger partial charge in [-0.15, -0.1) is 21.5 Å². The summed E-state index contributed by atoms with van der Waals surface area (Å²) in [5.41, 5.74) is 3.82. The number of anilines is 1. The fraction of sp³-hybridized carbons (Fsp3) is 0.296. The van der Waals surface area contributed by atoms with Gasteiger partial charge in [0.05, 0.1) is 29.8 Å². The van der Waals surface area contributed by atoms with Gasteiger partial charge in [0.1, 0.15) is 17.7 Å². The first kappa shape index (κ1) is 22.3. The summed E-state index contributed by atoms with van der Waals surface area (Å²) >= 11 is 1.50. The molecule has 1 aromatic carbocycles. The maximum Gasteiger partial charge on any atom is 0.276 e. The van der Waals surface area contributed by atoms with Gasteiger partial charge in [0, 0.05) is 23.0 Å². The topological polar surface area (TPSA) is 102 Å². The third-order valence-electron chi connectivity index (χ3n) is 7.02. The Morgan fingerprint density at radius 3 is 2.76 bits per heavy atom. The van der Waals surface area contributed by atoms with Crippen LogP contribution in [0, 0.1) is 0 Å². The lowest BCUT2D eigenvalue weighted by Crippen LogP contribution is -2.33. The zero-order chi connectivity index (χ0) is 24.9. The minimum absolute atomic E-state index is 0.00619. The molecule has 0 unspecified atom stereocenters. The Morgan fingerprint density at radius 2 is 1.95 bits per heavy atom. The minimum Gasteiger partial charge on any atom is -0.377 e. The van der Waals surface area contributed by atoms with Gasteiger partial charge in [-0.1, -0.05) is 24.3 Å². The monoisotopic (exact) mass is 512 g/mol. The summed E-state index contributed by atoms with van der Waals surface area (Å²) in [6, 6.07) is 15.8. The van der Waals surface area contributed by atoms with Crippen molar-refractivity contribution in [2.45, 2.75) is 31.3 Å². The van der Waals surface area contributed by atoms with Crippen LogP contribution in [0.2, 0.25) is 0 Å². The number of carbonyl (C=O) groups excluding carboxylic acids is 2. The second-order valence-electron chi connectivity index (χ2n) is 9.60. The lowest BCUT2D eigenvalue weighted by Gasteiger charge is -2.27. The first-order valence-corrected chi connectivity index (χ1v) is 13.3. The lowest BCUT2D eigenvalue weighted by atomic mass is 10.1. The molecular weight excluding hydrogens is 488 g/mol. The van der Waals surface area contributed by atoms with Gasteiger partial charge in [0.15, 0.2) is 5.82 Å². The first-order chi connectivity index (χ1) is 18.2. The largest absolute Gasteiger partial charge is 0.377 e. The van der Waals surface area contributed by atoms with Crippen molar-refractivity contribution < 1.29 is 14.3 Å². The summed E-state index contributed by atoms with van der Waals surface area (Å²) < 4.78 is 7.27. The van der Waals surface area contributed by atoms with Crippen molar-refractivity contribution in [1.29, 1.82) is 0 Å². The second kappa shape index (κ2) is 8.89. The molecule has 1 saturated heterocycles. The zero-order valence-electron chi connectivity index (χ0n) is 20.0. The number of hydrogen-bond donors (Lipinski definition) is 1. The molecule has 3 aromatic heterocycles. The second-order valence-corrected chi connectivity index (χ2v) is 10.7. The van der Waals surface area contributed by atoms with Crippen LogP contribution in [0.15, 0.2) is 54.9 Å². The molecule has 2 amide bonds. The molecular formula is C27H24N6O3S. The van der Waals surface area contributed by atoms with Crippen LogP contribution in [-0.2, 0) is 11.2 Å². The Morgan fingerprint density at radius 1 is 1.08 bits per heavy atom. The zero-order valence-corrected chi connectivity index (χ0v) is 20.8. The number of amides is 2. The number of nitrogens with zero attached hydrogens (tertiary/aromatic N) is 5. The summed E-state index contributed by atoms with van der Waals surface area (Å²) in [6.07, 6.45) is 4.44. The molecule has 4 aromatic rings. The molecule has 0 bridgehead atoms. The summed E-state index contributed by atoms with van der Waals surface area (Å²) in [4.78, 5) is 34.8. The van der Waals surface area contributed by atoms with Crippen LogP contribution in [0.5, 0.6) is 0 Å². The highest BCUT2D eigenvalue weighted by atomic mass is 32.1. The number of para-hydroxylation sites is 1. The SMILES string of the molecule is O=C(NC1CC1)c1cc2c(s1)-c1ccccc1N(C(=O)c1cccc(-c3nncn3C3COC3)n1)CC2. The normalized spacial score (nSPS) is 16.9. The van der Waals surface area contributed by atoms with Gasteiger partial charge in [-0.05, 0) is 49.1 Å². The lowest BCUT2D eigenvalue weighted by molar-refractivity contribution is -0.0228. The van der Waals surface area contributed by atoms with Crippen LogP contribution >= 0.6 is 11.3 Å². The molecule has 7 rings (SSSR count). The maximum absolute atomic E-state index is 13.8. The van der Waals surface area contributed by atoms with Crippen LogP contribution in [0.4, 0.5) is 5.69 Å². The van der Waals surface area contributed by atoms with Crippen LogP contribution in [0.1, 0.15) is 44.6 Å². The number of pyridine rings is 1. The molecule has 1 N–H and O–H groups in total. The third kappa shape index (κ3) is 4.02. The van der Waals surface area contributed by atoms with E-state index in [4.69, 9.17) is 9.72 Å². The van der Waals surface area contributed by atoms with Crippen molar-refractivity contribution >= 4 is 28.8 Å². The highest BCUT2D eigenvalue weighted by Gasteiger charge is 2.30. The Hall–Kier alpha value is -3.89. The van der Waals surface area contributed by atoms with E-state index >= 15 is 0 Å². The summed E-state index contributed by atoms with van der Waals surface area (Å²) in [6.45, 7) is 1.72. The Bertz CT molecular complexity index is 1520. The molecule has 37 heavy (non-hydrogen) atoms. The maximum atomic E-state index is 13.8. The molecule has 0 spiro atoms. The molecule has 2 aliphatic heterocycles. The van der Waals surface area contributed by atoms with Crippen LogP contribution < -0.4 is 10.2 Å². The van der Waals surface area contributed by atoms with Gasteiger partial charge in [-0.3, -0.25) is 9.59 Å². The number of rotatable bonds is 5. The number of hydrogen-bond acceptors (Lipinski definition) is 7. The Kier molecular flexibility index (Phi) is 5.37. The van der Waals surface area contributed by atoms with E-state index in [1.807, 2.05) is 47.0 Å². The number of aromatic nitrogens is 4. The van der Waals surface area contributed by atoms with Crippen LogP contribution in [0.25, 0.3) is 22.0 Å². The average Bonchev–Trinajstić information content (AvgIpc) is 3.44. The first-order valence-electron chi connectivity index (χ1n) is 12.5. The van der Waals surface area contributed by atoms with Crippen molar-refractivity contribution in [2.75, 3.05) is 24.7 Å². The smallest absolute Gasteiger partial charge is 0.276 e. The van der Waals surface area contributed by atoms with E-state index in [0.29, 0.717) is 49.4 Å². The molecule has 5 heterocycles. The van der Waals surface area contributed by atoms with E-state index in [-0.39, 0.29) is 17.9 Å². The van der Waals surface area contributed by atoms with E-state index in [9.17, 15) is 9.59 Å². The van der Waals surface area contributed by atoms with Gasteiger partial charge in [0.2, 0.25) is 0 Å². The minimum atomic E-state index is -0.172. The third-order valence-corrected chi connectivity index (χ3v) is 8.23. The highest BCUT2D eigenvalue weighted by Crippen LogP contribution is 2.42. The van der Waals surface area contributed by atoms with Gasteiger partial charge < -0.3 is 19.5 Å². The number of fused-ring (bicyclic) bond motifs is 3. The molecule has 0 radical (unpaired) electrons. The molecule has 3 aliphatic rings. The van der Waals surface area contributed by atoms with Gasteiger partial charge >= 0.3 is 0 Å². The van der Waals surface area contributed by atoms with E-state index in [0.717, 1.165) is 39.4 Å². The van der Waals surface area contributed by atoms with E-state index < -0.39 is 0 Å². The number of carbonyl (C=O) groups is 2. The van der Waals surface area contributed by atoms with Crippen molar-refractivity contribution in [1.82, 2.24) is 25.1 Å². The molecule has 0 atom stereocenters. The predicted octanol–water partition coefficient (Wildman–Crippen LogP) is 3.74. The van der Waals surface area contributed by atoms with Crippen molar-refractivity contribution in [3.8, 4) is 22.0 Å². The molecule has 2 fully saturated rings. The van der Waals surface area contributed by atoms with Crippen molar-refractivity contribution in [2.24, 2.45) is 0 Å². The standard InChI is InChI=1S/C27H24N6O3S/c34-26(29-17-8-9-17)23-12-16-10-11-32(22-7-2-1-4-19(22)24(16)37-23)27(35)21-6-3-5-20(30-21)25-31-28-15-33(25)18-13-36-14-18/h1-7,12,15,17-18H,8-11,13-14H2,(H,29,34). The van der Waals surface area contributed by atoms with E-state index in [1.54, 1.807) is 17.3 Å². The summed E-state index contributed by atoms with van der Waals surface area (Å²) in [5, 5.41) is 11.4. The number of thiophene rings is 1. The Balaban J connectivity index is 1.21. The average molecular weight is 513 g/mol. The Labute approximate surface area is 217 Å². The number of ether oxygens (including phenoxy) is 1. The predicted molar refractivity (Wildman–Crippen MR) is 139 cm³/mol. The van der Waals surface area contributed by atoms with Crippen LogP contribution in [-0.4, -0.2) is 57.4 Å². The van der Waals surface area contributed by atoms with Gasteiger partial charge in [-0.2, -0.15) is 0 Å². The molecule has 9 nitrogen and oxygen atoms in total. The van der Waals surface area contributed by atoms with Crippen molar-refractivity contribution in [3.05, 3.63) is 71.0 Å². The molecule has 10 heteroatoms. The van der Waals surface area contributed by atoms with E-state index in [2.05, 4.69) is 15.5 Å². The van der Waals surface area contributed by atoms with Gasteiger partial charge in [-0.25, -0.2) is 4.98 Å². The number of benzene rings is 1. The van der Waals surface area contributed by atoms with Crippen molar-refractivity contribution in [3.63, 3.8) is 0 Å². The quantitative estimate of drug-likeness (QED) is 0.437. The fourth-order valence-electron chi connectivity index (χ4n) is 4.80. The molecule has 186 valence electrons. The molecule has 1 aliphatic carbocycles. The van der Waals surface area contributed by atoms with Gasteiger partial charge in [0.25, 0.3) is 11.8 Å². The van der Waals surface area contributed by atoms with E-state index in [1.165, 1.54) is 11.3 Å². The molecule has 1 saturated carbocycles. The number of nitrogens with one attached hydrogen (secondary N) is 1. The van der Waals surface area contributed by atoms with Crippen LogP contribution in [0.3, 0.4) is 0 Å². The summed E-state index contributed by atoms with van der Waals surface area (Å²) in [7, 11) is 0. The summed E-state index contributed by atoms with van der Waals surface area (Å²) in [5.74, 6) is 0.445. The fourth-order valence-corrected chi connectivity index (χ4v) is 5.94. The highest BCUT2D eigenvalue weighted by molar-refractivity contribution is 7.17.